The van der Waals surface area contributed by atoms with Crippen molar-refractivity contribution in [3.05, 3.63) is 35.4 Å². The topological polar surface area (TPSA) is 112 Å². The van der Waals surface area contributed by atoms with Crippen LogP contribution in [0.4, 0.5) is 0 Å². The highest BCUT2D eigenvalue weighted by Gasteiger charge is 2.28. The lowest BCUT2D eigenvalue weighted by molar-refractivity contribution is -0.150. The van der Waals surface area contributed by atoms with Crippen molar-refractivity contribution in [2.24, 2.45) is 0 Å². The third kappa shape index (κ3) is 2.35. The van der Waals surface area contributed by atoms with Crippen molar-refractivity contribution in [1.29, 1.82) is 0 Å². The minimum atomic E-state index is -1.75. The molecule has 0 radical (unpaired) electrons. The second-order valence-electron chi connectivity index (χ2n) is 3.04. The Labute approximate surface area is 89.8 Å². The minimum absolute atomic E-state index is 0.0695. The molecule has 16 heavy (non-hydrogen) atoms. The van der Waals surface area contributed by atoms with Gasteiger partial charge in [0, 0.05) is 0 Å². The molecule has 3 N–H and O–H groups in total. The molecule has 0 aromatic heterocycles. The number of carboxylic acid groups (broad SMARTS) is 3. The lowest BCUT2D eigenvalue weighted by Gasteiger charge is -2.07. The van der Waals surface area contributed by atoms with Crippen molar-refractivity contribution in [2.75, 3.05) is 0 Å². The Morgan fingerprint density at radius 3 is 2.00 bits per heavy atom. The van der Waals surface area contributed by atoms with E-state index < -0.39 is 23.8 Å². The summed E-state index contributed by atoms with van der Waals surface area (Å²) in [6.07, 6.45) is 0. The molecule has 0 aliphatic carbocycles. The second-order valence-corrected chi connectivity index (χ2v) is 3.04. The van der Waals surface area contributed by atoms with Gasteiger partial charge in [0.2, 0.25) is 0 Å². The highest BCUT2D eigenvalue weighted by molar-refractivity contribution is 5.99. The van der Waals surface area contributed by atoms with E-state index in [2.05, 4.69) is 0 Å². The van der Waals surface area contributed by atoms with Crippen LogP contribution in [-0.4, -0.2) is 33.2 Å². The van der Waals surface area contributed by atoms with E-state index in [-0.39, 0.29) is 11.1 Å². The zero-order valence-corrected chi connectivity index (χ0v) is 7.95. The average molecular weight is 224 g/mol. The molecule has 0 heterocycles. The Morgan fingerprint density at radius 1 is 1.00 bits per heavy atom. The molecule has 0 saturated heterocycles. The normalized spacial score (nSPS) is 10.1. The summed E-state index contributed by atoms with van der Waals surface area (Å²) in [7, 11) is 0. The number of aliphatic carboxylic acids is 2. The quantitative estimate of drug-likeness (QED) is 0.647. The fraction of sp³-hybridized carbons (Fsp3) is 0.100. The molecular formula is C10H8O6. The first kappa shape index (κ1) is 11.7. The summed E-state index contributed by atoms with van der Waals surface area (Å²) < 4.78 is 0. The van der Waals surface area contributed by atoms with Crippen LogP contribution < -0.4 is 0 Å². The Bertz CT molecular complexity index is 436. The van der Waals surface area contributed by atoms with Crippen LogP contribution in [0.3, 0.4) is 0 Å². The molecule has 1 aromatic rings. The van der Waals surface area contributed by atoms with Crippen molar-refractivity contribution >= 4 is 17.9 Å². The number of rotatable bonds is 4. The Kier molecular flexibility index (Phi) is 3.24. The molecule has 0 aliphatic rings. The van der Waals surface area contributed by atoms with E-state index in [0.717, 1.165) is 6.07 Å². The Morgan fingerprint density at radius 2 is 1.56 bits per heavy atom. The lowest BCUT2D eigenvalue weighted by Crippen LogP contribution is -2.21. The maximum Gasteiger partial charge on any atom is 0.335 e. The summed E-state index contributed by atoms with van der Waals surface area (Å²) >= 11 is 0. The molecule has 6 nitrogen and oxygen atoms in total. The summed E-state index contributed by atoms with van der Waals surface area (Å²) in [5, 5.41) is 26.1. The summed E-state index contributed by atoms with van der Waals surface area (Å²) in [4.78, 5) is 32.0. The molecule has 84 valence electrons. The van der Waals surface area contributed by atoms with Gasteiger partial charge in [-0.05, 0) is 17.7 Å². The first-order valence-corrected chi connectivity index (χ1v) is 4.22. The van der Waals surface area contributed by atoms with Crippen LogP contribution in [0.2, 0.25) is 0 Å². The summed E-state index contributed by atoms with van der Waals surface area (Å²) in [5.74, 6) is -6.05. The van der Waals surface area contributed by atoms with Crippen LogP contribution in [0.5, 0.6) is 0 Å². The monoisotopic (exact) mass is 224 g/mol. The standard InChI is InChI=1S/C10H8O6/c11-8(12)6-3-1-2-5(4-6)7(9(13)14)10(15)16/h1-4,7H,(H,11,12)(H,13,14)(H,15,16). The summed E-state index contributed by atoms with van der Waals surface area (Å²) in [6.45, 7) is 0. The van der Waals surface area contributed by atoms with E-state index in [0.29, 0.717) is 0 Å². The summed E-state index contributed by atoms with van der Waals surface area (Å²) in [5.41, 5.74) is -0.218. The van der Waals surface area contributed by atoms with Gasteiger partial charge in [-0.2, -0.15) is 0 Å². The molecule has 0 spiro atoms. The number of benzene rings is 1. The molecule has 0 atom stereocenters. The van der Waals surface area contributed by atoms with E-state index >= 15 is 0 Å². The second kappa shape index (κ2) is 4.43. The number of aromatic carboxylic acids is 1. The third-order valence-electron chi connectivity index (χ3n) is 1.96. The molecule has 0 unspecified atom stereocenters. The van der Waals surface area contributed by atoms with Gasteiger partial charge in [-0.25, -0.2) is 4.79 Å². The van der Waals surface area contributed by atoms with Gasteiger partial charge in [0.25, 0.3) is 0 Å². The lowest BCUT2D eigenvalue weighted by atomic mass is 9.97. The number of hydrogen-bond donors (Lipinski definition) is 3. The van der Waals surface area contributed by atoms with Gasteiger partial charge in [-0.3, -0.25) is 9.59 Å². The molecule has 0 fully saturated rings. The maximum atomic E-state index is 10.7. The van der Waals surface area contributed by atoms with Crippen LogP contribution >= 0.6 is 0 Å². The largest absolute Gasteiger partial charge is 0.480 e. The zero-order valence-electron chi connectivity index (χ0n) is 7.95. The van der Waals surface area contributed by atoms with E-state index in [1.165, 1.54) is 18.2 Å². The van der Waals surface area contributed by atoms with Gasteiger partial charge >= 0.3 is 17.9 Å². The van der Waals surface area contributed by atoms with Gasteiger partial charge in [-0.15, -0.1) is 0 Å². The molecule has 0 bridgehead atoms. The van der Waals surface area contributed by atoms with Crippen molar-refractivity contribution in [3.63, 3.8) is 0 Å². The van der Waals surface area contributed by atoms with Crippen LogP contribution in [0, 0.1) is 0 Å². The number of carbonyl (C=O) groups is 3. The van der Waals surface area contributed by atoms with E-state index in [1.54, 1.807) is 0 Å². The SMILES string of the molecule is O=C(O)c1cccc(C(C(=O)O)C(=O)O)c1. The first-order valence-electron chi connectivity index (χ1n) is 4.22. The van der Waals surface area contributed by atoms with Crippen LogP contribution in [0.15, 0.2) is 24.3 Å². The van der Waals surface area contributed by atoms with Gasteiger partial charge in [0.1, 0.15) is 0 Å². The maximum absolute atomic E-state index is 10.7. The minimum Gasteiger partial charge on any atom is -0.480 e. The van der Waals surface area contributed by atoms with Gasteiger partial charge in [0.05, 0.1) is 5.56 Å². The number of carboxylic acids is 3. The van der Waals surface area contributed by atoms with Crippen molar-refractivity contribution in [1.82, 2.24) is 0 Å². The van der Waals surface area contributed by atoms with Crippen molar-refractivity contribution in [2.45, 2.75) is 5.92 Å². The van der Waals surface area contributed by atoms with Gasteiger partial charge in [-0.1, -0.05) is 12.1 Å². The fourth-order valence-corrected chi connectivity index (χ4v) is 1.24. The fourth-order valence-electron chi connectivity index (χ4n) is 1.24. The first-order chi connectivity index (χ1) is 7.43. The van der Waals surface area contributed by atoms with E-state index in [9.17, 15) is 14.4 Å². The summed E-state index contributed by atoms with van der Waals surface area (Å²) in [6, 6.07) is 4.86. The Balaban J connectivity index is 3.20. The predicted octanol–water partition coefficient (Wildman–Crippen LogP) is 0.638. The smallest absolute Gasteiger partial charge is 0.335 e. The molecule has 1 rings (SSSR count). The zero-order chi connectivity index (χ0) is 12.3. The number of hydrogen-bond acceptors (Lipinski definition) is 3. The van der Waals surface area contributed by atoms with Crippen LogP contribution in [0.25, 0.3) is 0 Å². The average Bonchev–Trinajstić information content (AvgIpc) is 2.16. The Hall–Kier alpha value is -2.37. The molecule has 1 aromatic carbocycles. The van der Waals surface area contributed by atoms with Crippen LogP contribution in [-0.2, 0) is 9.59 Å². The van der Waals surface area contributed by atoms with E-state index in [4.69, 9.17) is 15.3 Å². The molecule has 0 saturated carbocycles. The molecule has 6 heteroatoms. The van der Waals surface area contributed by atoms with Gasteiger partial charge < -0.3 is 15.3 Å². The van der Waals surface area contributed by atoms with Crippen molar-refractivity contribution < 1.29 is 29.7 Å². The van der Waals surface area contributed by atoms with Crippen LogP contribution in [0.1, 0.15) is 21.8 Å². The van der Waals surface area contributed by atoms with Crippen molar-refractivity contribution in [3.8, 4) is 0 Å². The van der Waals surface area contributed by atoms with E-state index in [1.807, 2.05) is 0 Å². The molecular weight excluding hydrogens is 216 g/mol. The van der Waals surface area contributed by atoms with Gasteiger partial charge in [0.15, 0.2) is 5.92 Å². The predicted molar refractivity (Wildman–Crippen MR) is 51.4 cm³/mol. The highest BCUT2D eigenvalue weighted by atomic mass is 16.4. The molecule has 0 aliphatic heterocycles. The third-order valence-corrected chi connectivity index (χ3v) is 1.96. The molecule has 0 amide bonds. The highest BCUT2D eigenvalue weighted by Crippen LogP contribution is 2.18.